The SMILES string of the molecule is CCC(NC(=O)c1cccc(C(=O)NCCCN(CC)CC)c1)N(CC)CC. The fraction of sp³-hybridized carbons (Fsp3) is 0.636. The second-order valence-corrected chi connectivity index (χ2v) is 6.84. The molecule has 0 spiro atoms. The molecule has 2 amide bonds. The third kappa shape index (κ3) is 7.60. The number of carbonyl (C=O) groups excluding carboxylic acids is 2. The molecule has 6 nitrogen and oxygen atoms in total. The van der Waals surface area contributed by atoms with Crippen molar-refractivity contribution in [2.75, 3.05) is 39.3 Å². The monoisotopic (exact) mass is 390 g/mol. The third-order valence-electron chi connectivity index (χ3n) is 5.16. The average molecular weight is 391 g/mol. The molecule has 6 heteroatoms. The van der Waals surface area contributed by atoms with Gasteiger partial charge in [0.05, 0.1) is 6.17 Å². The van der Waals surface area contributed by atoms with Crippen molar-refractivity contribution in [3.63, 3.8) is 0 Å². The Bertz CT molecular complexity index is 598. The maximum absolute atomic E-state index is 12.7. The summed E-state index contributed by atoms with van der Waals surface area (Å²) in [4.78, 5) is 29.6. The summed E-state index contributed by atoms with van der Waals surface area (Å²) < 4.78 is 0. The van der Waals surface area contributed by atoms with E-state index in [0.717, 1.165) is 45.6 Å². The Kier molecular flexibility index (Phi) is 11.4. The van der Waals surface area contributed by atoms with Crippen molar-refractivity contribution in [3.05, 3.63) is 35.4 Å². The summed E-state index contributed by atoms with van der Waals surface area (Å²) in [5, 5.41) is 6.03. The smallest absolute Gasteiger partial charge is 0.252 e. The van der Waals surface area contributed by atoms with Gasteiger partial charge in [0, 0.05) is 17.7 Å². The van der Waals surface area contributed by atoms with Crippen LogP contribution < -0.4 is 10.6 Å². The van der Waals surface area contributed by atoms with E-state index >= 15 is 0 Å². The van der Waals surface area contributed by atoms with Crippen LogP contribution in [0, 0.1) is 0 Å². The van der Waals surface area contributed by atoms with Crippen LogP contribution in [0.25, 0.3) is 0 Å². The quantitative estimate of drug-likeness (QED) is 0.401. The van der Waals surface area contributed by atoms with Gasteiger partial charge in [-0.25, -0.2) is 0 Å². The molecule has 158 valence electrons. The van der Waals surface area contributed by atoms with Crippen LogP contribution in [0.1, 0.15) is 68.2 Å². The Morgan fingerprint density at radius 3 is 2.07 bits per heavy atom. The predicted octanol–water partition coefficient (Wildman–Crippen LogP) is 2.96. The summed E-state index contributed by atoms with van der Waals surface area (Å²) in [5.41, 5.74) is 1.03. The first kappa shape index (κ1) is 24.1. The first-order valence-electron chi connectivity index (χ1n) is 10.7. The largest absolute Gasteiger partial charge is 0.352 e. The van der Waals surface area contributed by atoms with Gasteiger partial charge in [0.15, 0.2) is 0 Å². The summed E-state index contributed by atoms with van der Waals surface area (Å²) in [6.07, 6.45) is 1.75. The molecule has 0 aliphatic carbocycles. The lowest BCUT2D eigenvalue weighted by Gasteiger charge is -2.29. The Balaban J connectivity index is 2.64. The summed E-state index contributed by atoms with van der Waals surface area (Å²) in [6.45, 7) is 15.9. The van der Waals surface area contributed by atoms with Crippen LogP contribution in [0.2, 0.25) is 0 Å². The Labute approximate surface area is 170 Å². The minimum Gasteiger partial charge on any atom is -0.352 e. The van der Waals surface area contributed by atoms with Crippen LogP contribution in [-0.4, -0.2) is 67.0 Å². The molecule has 0 bridgehead atoms. The van der Waals surface area contributed by atoms with Crippen LogP contribution in [-0.2, 0) is 0 Å². The lowest BCUT2D eigenvalue weighted by molar-refractivity contribution is 0.0854. The minimum atomic E-state index is -0.144. The molecule has 0 aliphatic heterocycles. The molecule has 1 unspecified atom stereocenters. The Hall–Kier alpha value is -1.92. The van der Waals surface area contributed by atoms with Gasteiger partial charge in [0.2, 0.25) is 0 Å². The van der Waals surface area contributed by atoms with Crippen LogP contribution in [0.4, 0.5) is 0 Å². The molecule has 0 aliphatic rings. The average Bonchev–Trinajstić information content (AvgIpc) is 2.73. The number of hydrogen-bond donors (Lipinski definition) is 2. The molecule has 1 aromatic carbocycles. The van der Waals surface area contributed by atoms with E-state index in [2.05, 4.69) is 55.1 Å². The van der Waals surface area contributed by atoms with Crippen molar-refractivity contribution in [3.8, 4) is 0 Å². The number of rotatable bonds is 13. The van der Waals surface area contributed by atoms with Crippen molar-refractivity contribution >= 4 is 11.8 Å². The lowest BCUT2D eigenvalue weighted by atomic mass is 10.1. The van der Waals surface area contributed by atoms with E-state index in [9.17, 15) is 9.59 Å². The second kappa shape index (κ2) is 13.3. The van der Waals surface area contributed by atoms with E-state index in [1.54, 1.807) is 24.3 Å². The normalized spacial score (nSPS) is 12.2. The van der Waals surface area contributed by atoms with Crippen LogP contribution >= 0.6 is 0 Å². The van der Waals surface area contributed by atoms with Crippen molar-refractivity contribution in [1.82, 2.24) is 20.4 Å². The van der Waals surface area contributed by atoms with Gasteiger partial charge in [-0.15, -0.1) is 0 Å². The van der Waals surface area contributed by atoms with Crippen molar-refractivity contribution in [2.45, 2.75) is 53.6 Å². The van der Waals surface area contributed by atoms with Crippen LogP contribution in [0.15, 0.2) is 24.3 Å². The van der Waals surface area contributed by atoms with Gasteiger partial charge in [0.25, 0.3) is 11.8 Å². The van der Waals surface area contributed by atoms with Gasteiger partial charge in [-0.05, 0) is 63.8 Å². The van der Waals surface area contributed by atoms with Crippen LogP contribution in [0.3, 0.4) is 0 Å². The molecule has 1 aromatic rings. The molecule has 0 heterocycles. The summed E-state index contributed by atoms with van der Waals surface area (Å²) in [5.74, 6) is -0.278. The predicted molar refractivity (Wildman–Crippen MR) is 116 cm³/mol. The highest BCUT2D eigenvalue weighted by molar-refractivity contribution is 5.99. The molecule has 28 heavy (non-hydrogen) atoms. The molecular weight excluding hydrogens is 352 g/mol. The van der Waals surface area contributed by atoms with E-state index in [-0.39, 0.29) is 18.0 Å². The zero-order valence-electron chi connectivity index (χ0n) is 18.3. The van der Waals surface area contributed by atoms with E-state index in [1.165, 1.54) is 0 Å². The van der Waals surface area contributed by atoms with Gasteiger partial charge < -0.3 is 15.5 Å². The highest BCUT2D eigenvalue weighted by Gasteiger charge is 2.18. The zero-order valence-corrected chi connectivity index (χ0v) is 18.3. The number of amides is 2. The van der Waals surface area contributed by atoms with E-state index in [1.807, 2.05) is 0 Å². The standard InChI is InChI=1S/C22H38N4O2/c1-6-20(26(9-4)10-5)24-22(28)19-14-11-13-18(17-19)21(27)23-15-12-16-25(7-2)8-3/h11,13-14,17,20H,6-10,12,15-16H2,1-5H3,(H,23,27)(H,24,28). The molecule has 1 atom stereocenters. The molecule has 0 aromatic heterocycles. The lowest BCUT2D eigenvalue weighted by Crippen LogP contribution is -2.47. The topological polar surface area (TPSA) is 64.7 Å². The number of nitrogens with zero attached hydrogens (tertiary/aromatic N) is 2. The Morgan fingerprint density at radius 2 is 1.54 bits per heavy atom. The fourth-order valence-corrected chi connectivity index (χ4v) is 3.30. The number of carbonyl (C=O) groups is 2. The van der Waals surface area contributed by atoms with Gasteiger partial charge in [-0.3, -0.25) is 14.5 Å². The van der Waals surface area contributed by atoms with Gasteiger partial charge >= 0.3 is 0 Å². The number of nitrogens with one attached hydrogen (secondary N) is 2. The van der Waals surface area contributed by atoms with E-state index < -0.39 is 0 Å². The molecule has 0 radical (unpaired) electrons. The summed E-state index contributed by atoms with van der Waals surface area (Å²) in [7, 11) is 0. The van der Waals surface area contributed by atoms with Gasteiger partial charge in [-0.2, -0.15) is 0 Å². The number of benzene rings is 1. The first-order chi connectivity index (χ1) is 13.5. The first-order valence-corrected chi connectivity index (χ1v) is 10.7. The fourth-order valence-electron chi connectivity index (χ4n) is 3.30. The molecule has 0 fully saturated rings. The van der Waals surface area contributed by atoms with Gasteiger partial charge in [0.1, 0.15) is 0 Å². The van der Waals surface area contributed by atoms with E-state index in [0.29, 0.717) is 17.7 Å². The second-order valence-electron chi connectivity index (χ2n) is 6.84. The highest BCUT2D eigenvalue weighted by atomic mass is 16.2. The van der Waals surface area contributed by atoms with Crippen molar-refractivity contribution in [1.29, 1.82) is 0 Å². The van der Waals surface area contributed by atoms with Crippen LogP contribution in [0.5, 0.6) is 0 Å². The highest BCUT2D eigenvalue weighted by Crippen LogP contribution is 2.08. The van der Waals surface area contributed by atoms with Crippen molar-refractivity contribution in [2.24, 2.45) is 0 Å². The maximum Gasteiger partial charge on any atom is 0.252 e. The Morgan fingerprint density at radius 1 is 0.929 bits per heavy atom. The molecule has 0 saturated heterocycles. The summed E-state index contributed by atoms with van der Waals surface area (Å²) >= 11 is 0. The molecule has 1 rings (SSSR count). The summed E-state index contributed by atoms with van der Waals surface area (Å²) in [6, 6.07) is 6.93. The molecule has 2 N–H and O–H groups in total. The van der Waals surface area contributed by atoms with E-state index in [4.69, 9.17) is 0 Å². The minimum absolute atomic E-state index is 0.0000553. The number of hydrogen-bond acceptors (Lipinski definition) is 4. The molecular formula is C22H38N4O2. The molecule has 0 saturated carbocycles. The van der Waals surface area contributed by atoms with Gasteiger partial charge in [-0.1, -0.05) is 40.7 Å². The third-order valence-corrected chi connectivity index (χ3v) is 5.16. The zero-order chi connectivity index (χ0) is 20.9. The maximum atomic E-state index is 12.7. The van der Waals surface area contributed by atoms with Crippen molar-refractivity contribution < 1.29 is 9.59 Å².